The van der Waals surface area contributed by atoms with E-state index in [0.717, 1.165) is 30.0 Å². The van der Waals surface area contributed by atoms with E-state index < -0.39 is 5.91 Å². The Balaban J connectivity index is 1.95. The van der Waals surface area contributed by atoms with Gasteiger partial charge in [-0.05, 0) is 17.7 Å². The summed E-state index contributed by atoms with van der Waals surface area (Å²) in [5.74, 6) is -0.843. The number of hydrogen-bond acceptors (Lipinski definition) is 3. The molecule has 0 unspecified atom stereocenters. The van der Waals surface area contributed by atoms with Crippen LogP contribution in [-0.4, -0.2) is 18.4 Å². The summed E-state index contributed by atoms with van der Waals surface area (Å²) < 4.78 is 0. The van der Waals surface area contributed by atoms with E-state index in [-0.39, 0.29) is 5.91 Å². The number of fused-ring (bicyclic) bond motifs is 1. The van der Waals surface area contributed by atoms with Crippen molar-refractivity contribution in [3.63, 3.8) is 0 Å². The van der Waals surface area contributed by atoms with Crippen LogP contribution >= 0.6 is 22.9 Å². The van der Waals surface area contributed by atoms with Crippen LogP contribution in [-0.2, 0) is 13.0 Å². The van der Waals surface area contributed by atoms with Crippen LogP contribution in [0.15, 0.2) is 24.3 Å². The molecule has 0 atom stereocenters. The van der Waals surface area contributed by atoms with Crippen LogP contribution in [0.25, 0.3) is 0 Å². The Kier molecular flexibility index (Phi) is 4.15. The number of hydrogen-bond donors (Lipinski definition) is 3. The fourth-order valence-corrected chi connectivity index (χ4v) is 4.05. The Morgan fingerprint density at radius 2 is 2.09 bits per heavy atom. The molecule has 1 aromatic heterocycles. The van der Waals surface area contributed by atoms with Crippen LogP contribution < -0.4 is 16.4 Å². The van der Waals surface area contributed by atoms with E-state index in [2.05, 4.69) is 10.6 Å². The molecule has 0 bridgehead atoms. The predicted molar refractivity (Wildman–Crippen MR) is 86.4 cm³/mol. The highest BCUT2D eigenvalue weighted by molar-refractivity contribution is 7.17. The molecular weight excluding hydrogens is 322 g/mol. The molecule has 5 N–H and O–H groups in total. The molecule has 3 rings (SSSR count). The summed E-state index contributed by atoms with van der Waals surface area (Å²) >= 11 is 7.45. The molecule has 5 nitrogen and oxygen atoms in total. The van der Waals surface area contributed by atoms with Gasteiger partial charge in [0.1, 0.15) is 11.5 Å². The van der Waals surface area contributed by atoms with Gasteiger partial charge in [0, 0.05) is 6.42 Å². The van der Waals surface area contributed by atoms with Crippen molar-refractivity contribution in [3.05, 3.63) is 50.9 Å². The summed E-state index contributed by atoms with van der Waals surface area (Å²) in [4.78, 5) is 25.2. The van der Waals surface area contributed by atoms with E-state index in [1.54, 1.807) is 24.3 Å². The standard InChI is InChI=1S/C15H14ClN3O2S/c16-10-4-2-1-3-8(10)14(21)19-15-12(13(17)20)9-5-6-18-7-11(9)22-15/h1-4,18H,5-7H2,(H2,17,20)(H,19,21)/p+1. The van der Waals surface area contributed by atoms with Crippen LogP contribution in [0.5, 0.6) is 0 Å². The van der Waals surface area contributed by atoms with Gasteiger partial charge in [0.15, 0.2) is 0 Å². The number of quaternary nitrogens is 1. The smallest absolute Gasteiger partial charge is 0.257 e. The predicted octanol–water partition coefficient (Wildman–Crippen LogP) is 1.37. The normalized spacial score (nSPS) is 13.5. The Morgan fingerprint density at radius 3 is 2.82 bits per heavy atom. The zero-order chi connectivity index (χ0) is 15.7. The molecule has 2 amide bonds. The minimum Gasteiger partial charge on any atom is -0.365 e. The Morgan fingerprint density at radius 1 is 1.32 bits per heavy atom. The number of amides is 2. The number of benzene rings is 1. The van der Waals surface area contributed by atoms with E-state index in [4.69, 9.17) is 17.3 Å². The summed E-state index contributed by atoms with van der Waals surface area (Å²) in [5.41, 5.74) is 7.29. The van der Waals surface area contributed by atoms with E-state index in [9.17, 15) is 9.59 Å². The number of nitrogens with one attached hydrogen (secondary N) is 1. The first-order chi connectivity index (χ1) is 10.6. The van der Waals surface area contributed by atoms with Gasteiger partial charge in [-0.2, -0.15) is 0 Å². The van der Waals surface area contributed by atoms with Crippen LogP contribution in [0.2, 0.25) is 5.02 Å². The largest absolute Gasteiger partial charge is 0.365 e. The maximum Gasteiger partial charge on any atom is 0.257 e. The second kappa shape index (κ2) is 6.08. The number of halogens is 1. The molecule has 1 aliphatic heterocycles. The number of carbonyl (C=O) groups is 2. The molecule has 7 heteroatoms. The van der Waals surface area contributed by atoms with Gasteiger partial charge >= 0.3 is 0 Å². The van der Waals surface area contributed by atoms with Crippen LogP contribution in [0, 0.1) is 0 Å². The van der Waals surface area contributed by atoms with Gasteiger partial charge in [0.05, 0.1) is 27.6 Å². The first-order valence-electron chi connectivity index (χ1n) is 6.90. The van der Waals surface area contributed by atoms with Crippen LogP contribution in [0.3, 0.4) is 0 Å². The second-order valence-corrected chi connectivity index (χ2v) is 6.55. The molecule has 0 saturated carbocycles. The van der Waals surface area contributed by atoms with E-state index in [1.807, 2.05) is 0 Å². The fraction of sp³-hybridized carbons (Fsp3) is 0.200. The van der Waals surface area contributed by atoms with Crippen molar-refractivity contribution in [3.8, 4) is 0 Å². The molecule has 2 heterocycles. The van der Waals surface area contributed by atoms with Gasteiger partial charge < -0.3 is 16.4 Å². The number of carbonyl (C=O) groups excluding carboxylic acids is 2. The van der Waals surface area contributed by atoms with Gasteiger partial charge in [0.25, 0.3) is 11.8 Å². The summed E-state index contributed by atoms with van der Waals surface area (Å²) in [6.45, 7) is 1.73. The van der Waals surface area contributed by atoms with Gasteiger partial charge in [-0.3, -0.25) is 9.59 Å². The minimum atomic E-state index is -0.506. The Labute approximate surface area is 136 Å². The molecule has 1 aromatic carbocycles. The van der Waals surface area contributed by atoms with Gasteiger partial charge in [-0.25, -0.2) is 0 Å². The lowest BCUT2D eigenvalue weighted by Crippen LogP contribution is -2.84. The summed E-state index contributed by atoms with van der Waals surface area (Å²) in [7, 11) is 0. The second-order valence-electron chi connectivity index (χ2n) is 5.04. The number of anilines is 1. The SMILES string of the molecule is NC(=O)c1c(NC(=O)c2ccccc2Cl)sc2c1CC[NH2+]C2. The van der Waals surface area contributed by atoms with Crippen molar-refractivity contribution in [2.45, 2.75) is 13.0 Å². The third kappa shape index (κ3) is 2.72. The maximum atomic E-state index is 12.4. The molecule has 0 saturated heterocycles. The topological polar surface area (TPSA) is 88.8 Å². The van der Waals surface area contributed by atoms with Crippen LogP contribution in [0.1, 0.15) is 31.2 Å². The molecule has 0 spiro atoms. The Hall–Kier alpha value is -1.89. The van der Waals surface area contributed by atoms with Gasteiger partial charge in [-0.1, -0.05) is 23.7 Å². The third-order valence-electron chi connectivity index (χ3n) is 3.61. The highest BCUT2D eigenvalue weighted by atomic mass is 35.5. The minimum absolute atomic E-state index is 0.337. The van der Waals surface area contributed by atoms with Crippen molar-refractivity contribution in [2.24, 2.45) is 5.73 Å². The monoisotopic (exact) mass is 336 g/mol. The Bertz CT molecular complexity index is 757. The molecular formula is C15H15ClN3O2S+. The average molecular weight is 337 g/mol. The summed E-state index contributed by atoms with van der Waals surface area (Å²) in [6, 6.07) is 6.79. The molecule has 114 valence electrons. The van der Waals surface area contributed by atoms with Gasteiger partial charge in [0.2, 0.25) is 0 Å². The van der Waals surface area contributed by atoms with E-state index in [1.165, 1.54) is 11.3 Å². The molecule has 0 aliphatic carbocycles. The quantitative estimate of drug-likeness (QED) is 0.790. The highest BCUT2D eigenvalue weighted by Crippen LogP contribution is 2.34. The van der Waals surface area contributed by atoms with Crippen molar-refractivity contribution in [1.29, 1.82) is 0 Å². The maximum absolute atomic E-state index is 12.4. The zero-order valence-corrected chi connectivity index (χ0v) is 13.3. The highest BCUT2D eigenvalue weighted by Gasteiger charge is 2.26. The lowest BCUT2D eigenvalue weighted by Gasteiger charge is -2.10. The lowest BCUT2D eigenvalue weighted by atomic mass is 10.0. The number of rotatable bonds is 3. The van der Waals surface area contributed by atoms with Crippen LogP contribution in [0.4, 0.5) is 5.00 Å². The fourth-order valence-electron chi connectivity index (χ4n) is 2.59. The summed E-state index contributed by atoms with van der Waals surface area (Å²) in [5, 5.41) is 5.84. The molecule has 0 fully saturated rings. The number of primary amides is 1. The van der Waals surface area contributed by atoms with E-state index in [0.29, 0.717) is 21.2 Å². The van der Waals surface area contributed by atoms with Crippen molar-refractivity contribution >= 4 is 39.8 Å². The average Bonchev–Trinajstić information content (AvgIpc) is 2.85. The lowest BCUT2D eigenvalue weighted by molar-refractivity contribution is -0.672. The number of nitrogens with two attached hydrogens (primary N) is 2. The van der Waals surface area contributed by atoms with E-state index >= 15 is 0 Å². The first kappa shape index (κ1) is 15.0. The number of thiophene rings is 1. The molecule has 0 radical (unpaired) electrons. The summed E-state index contributed by atoms with van der Waals surface area (Å²) in [6.07, 6.45) is 0.784. The zero-order valence-electron chi connectivity index (χ0n) is 11.7. The first-order valence-corrected chi connectivity index (χ1v) is 8.09. The van der Waals surface area contributed by atoms with Crippen molar-refractivity contribution < 1.29 is 14.9 Å². The van der Waals surface area contributed by atoms with Crippen molar-refractivity contribution in [2.75, 3.05) is 11.9 Å². The van der Waals surface area contributed by atoms with Gasteiger partial charge in [-0.15, -0.1) is 11.3 Å². The molecule has 22 heavy (non-hydrogen) atoms. The molecule has 2 aromatic rings. The van der Waals surface area contributed by atoms with Crippen molar-refractivity contribution in [1.82, 2.24) is 0 Å². The molecule has 1 aliphatic rings. The third-order valence-corrected chi connectivity index (χ3v) is 5.11.